The van der Waals surface area contributed by atoms with Crippen LogP contribution in [0, 0.1) is 0 Å². The molecule has 0 fully saturated rings. The van der Waals surface area contributed by atoms with E-state index in [1.54, 1.807) is 0 Å². The summed E-state index contributed by atoms with van der Waals surface area (Å²) >= 11 is 0. The molecule has 0 saturated heterocycles. The molecule has 31 heavy (non-hydrogen) atoms. The van der Waals surface area contributed by atoms with Gasteiger partial charge in [-0.05, 0) is 55.7 Å². The molecular formula is C26H46O4S. The van der Waals surface area contributed by atoms with Crippen LogP contribution in [0.3, 0.4) is 0 Å². The van der Waals surface area contributed by atoms with Crippen molar-refractivity contribution in [2.75, 3.05) is 12.4 Å². The molecule has 0 aliphatic rings. The number of ether oxygens (including phenoxy) is 1. The van der Waals surface area contributed by atoms with Gasteiger partial charge in [-0.1, -0.05) is 90.2 Å². The van der Waals surface area contributed by atoms with Gasteiger partial charge in [-0.3, -0.25) is 4.55 Å². The first-order chi connectivity index (χ1) is 15.0. The number of rotatable bonds is 20. The van der Waals surface area contributed by atoms with Gasteiger partial charge in [0.2, 0.25) is 0 Å². The summed E-state index contributed by atoms with van der Waals surface area (Å²) in [6.45, 7) is 4.98. The molecule has 0 radical (unpaired) electrons. The molecule has 0 atom stereocenters. The topological polar surface area (TPSA) is 63.6 Å². The van der Waals surface area contributed by atoms with E-state index in [0.717, 1.165) is 18.6 Å². The zero-order chi connectivity index (χ0) is 22.8. The van der Waals surface area contributed by atoms with Crippen LogP contribution in [-0.2, 0) is 23.0 Å². The first-order valence-corrected chi connectivity index (χ1v) is 14.3. The van der Waals surface area contributed by atoms with Crippen molar-refractivity contribution in [3.8, 4) is 5.75 Å². The molecule has 4 nitrogen and oxygen atoms in total. The number of hydrogen-bond donors (Lipinski definition) is 1. The summed E-state index contributed by atoms with van der Waals surface area (Å²) in [5.41, 5.74) is 2.68. The third-order valence-corrected chi connectivity index (χ3v) is 6.60. The quantitative estimate of drug-likeness (QED) is 0.163. The Morgan fingerprint density at radius 2 is 1.32 bits per heavy atom. The zero-order valence-electron chi connectivity index (χ0n) is 20.0. The van der Waals surface area contributed by atoms with Crippen LogP contribution in [0.2, 0.25) is 0 Å². The van der Waals surface area contributed by atoms with E-state index in [4.69, 9.17) is 9.29 Å². The van der Waals surface area contributed by atoms with Crippen LogP contribution in [-0.4, -0.2) is 25.3 Å². The largest absolute Gasteiger partial charge is 0.493 e. The van der Waals surface area contributed by atoms with Crippen LogP contribution in [0.25, 0.3) is 0 Å². The van der Waals surface area contributed by atoms with Crippen LogP contribution < -0.4 is 4.74 Å². The van der Waals surface area contributed by atoms with E-state index in [0.29, 0.717) is 19.4 Å². The molecule has 1 N–H and O–H groups in total. The maximum atomic E-state index is 10.8. The standard InChI is InChI=1S/C26H46O4S/c1-3-5-7-9-11-13-17-24-19-20-26(30-21-15-16-22-31(27,28)29)25(23-24)18-14-12-10-8-6-4-2/h19-20,23H,3-18,21-22H2,1-2H3,(H,27,28,29). The molecule has 0 aliphatic carbocycles. The Balaban J connectivity index is 2.53. The molecule has 0 aromatic heterocycles. The molecule has 0 aliphatic heterocycles. The van der Waals surface area contributed by atoms with Crippen molar-refractivity contribution < 1.29 is 17.7 Å². The minimum absolute atomic E-state index is 0.196. The van der Waals surface area contributed by atoms with E-state index in [1.807, 2.05) is 0 Å². The SMILES string of the molecule is CCCCCCCCc1ccc(OCCCCS(=O)(=O)O)c(CCCCCCCC)c1. The molecule has 0 amide bonds. The van der Waals surface area contributed by atoms with Gasteiger partial charge in [-0.15, -0.1) is 0 Å². The number of hydrogen-bond acceptors (Lipinski definition) is 3. The summed E-state index contributed by atoms with van der Waals surface area (Å²) in [6, 6.07) is 6.61. The minimum Gasteiger partial charge on any atom is -0.493 e. The minimum atomic E-state index is -3.88. The molecule has 0 bridgehead atoms. The van der Waals surface area contributed by atoms with E-state index < -0.39 is 10.1 Å². The van der Waals surface area contributed by atoms with Crippen LogP contribution >= 0.6 is 0 Å². The lowest BCUT2D eigenvalue weighted by atomic mass is 9.99. The highest BCUT2D eigenvalue weighted by Gasteiger charge is 2.08. The van der Waals surface area contributed by atoms with Gasteiger partial charge >= 0.3 is 0 Å². The van der Waals surface area contributed by atoms with Crippen molar-refractivity contribution in [3.05, 3.63) is 29.3 Å². The average Bonchev–Trinajstić information content (AvgIpc) is 2.73. The molecule has 0 unspecified atom stereocenters. The Labute approximate surface area is 191 Å². The normalized spacial score (nSPS) is 11.7. The van der Waals surface area contributed by atoms with Gasteiger partial charge in [0, 0.05) is 0 Å². The van der Waals surface area contributed by atoms with Crippen molar-refractivity contribution in [1.82, 2.24) is 0 Å². The lowest BCUT2D eigenvalue weighted by molar-refractivity contribution is 0.305. The summed E-state index contributed by atoms with van der Waals surface area (Å²) in [6.07, 6.45) is 18.8. The van der Waals surface area contributed by atoms with E-state index in [2.05, 4.69) is 32.0 Å². The summed E-state index contributed by atoms with van der Waals surface area (Å²) in [5.74, 6) is 0.741. The monoisotopic (exact) mass is 454 g/mol. The van der Waals surface area contributed by atoms with Gasteiger partial charge in [0.1, 0.15) is 5.75 Å². The summed E-state index contributed by atoms with van der Waals surface area (Å²) in [4.78, 5) is 0. The molecular weight excluding hydrogens is 408 g/mol. The number of aryl methyl sites for hydroxylation is 2. The highest BCUT2D eigenvalue weighted by Crippen LogP contribution is 2.24. The lowest BCUT2D eigenvalue weighted by Gasteiger charge is -2.14. The molecule has 5 heteroatoms. The predicted molar refractivity (Wildman–Crippen MR) is 132 cm³/mol. The van der Waals surface area contributed by atoms with E-state index in [1.165, 1.54) is 88.2 Å². The van der Waals surface area contributed by atoms with Crippen LogP contribution in [0.4, 0.5) is 0 Å². The average molecular weight is 455 g/mol. The first kappa shape index (κ1) is 28.0. The number of unbranched alkanes of at least 4 members (excludes halogenated alkanes) is 11. The van der Waals surface area contributed by atoms with Gasteiger partial charge in [0.05, 0.1) is 12.4 Å². The van der Waals surface area contributed by atoms with Crippen LogP contribution in [0.15, 0.2) is 18.2 Å². The summed E-state index contributed by atoms with van der Waals surface area (Å²) in [5, 5.41) is 0. The molecule has 1 aromatic carbocycles. The Bertz CT molecular complexity index is 670. The van der Waals surface area contributed by atoms with E-state index in [-0.39, 0.29) is 5.75 Å². The first-order valence-electron chi connectivity index (χ1n) is 12.7. The predicted octanol–water partition coefficient (Wildman–Crippen LogP) is 7.54. The Morgan fingerprint density at radius 3 is 1.94 bits per heavy atom. The maximum absolute atomic E-state index is 10.8. The molecule has 1 rings (SSSR count). The highest BCUT2D eigenvalue weighted by atomic mass is 32.2. The van der Waals surface area contributed by atoms with Gasteiger partial charge in [-0.2, -0.15) is 8.42 Å². The van der Waals surface area contributed by atoms with Gasteiger partial charge in [0.15, 0.2) is 0 Å². The van der Waals surface area contributed by atoms with Gasteiger partial charge in [-0.25, -0.2) is 0 Å². The second-order valence-electron chi connectivity index (χ2n) is 8.82. The lowest BCUT2D eigenvalue weighted by Crippen LogP contribution is -2.07. The summed E-state index contributed by atoms with van der Waals surface area (Å²) in [7, 11) is -3.88. The maximum Gasteiger partial charge on any atom is 0.264 e. The van der Waals surface area contributed by atoms with Gasteiger partial charge < -0.3 is 4.74 Å². The summed E-state index contributed by atoms with van der Waals surface area (Å²) < 4.78 is 36.5. The Kier molecular flexibility index (Phi) is 15.8. The fraction of sp³-hybridized carbons (Fsp3) is 0.769. The van der Waals surface area contributed by atoms with Crippen molar-refractivity contribution in [2.24, 2.45) is 0 Å². The fourth-order valence-corrected chi connectivity index (χ4v) is 4.47. The third kappa shape index (κ3) is 15.4. The molecule has 0 saturated carbocycles. The molecule has 0 heterocycles. The van der Waals surface area contributed by atoms with Crippen LogP contribution in [0.5, 0.6) is 5.75 Å². The van der Waals surface area contributed by atoms with E-state index in [9.17, 15) is 8.42 Å². The highest BCUT2D eigenvalue weighted by molar-refractivity contribution is 7.85. The van der Waals surface area contributed by atoms with Crippen molar-refractivity contribution >= 4 is 10.1 Å². The van der Waals surface area contributed by atoms with Crippen molar-refractivity contribution in [2.45, 2.75) is 117 Å². The molecule has 180 valence electrons. The Hall–Kier alpha value is -1.07. The Morgan fingerprint density at radius 1 is 0.742 bits per heavy atom. The third-order valence-electron chi connectivity index (χ3n) is 5.80. The smallest absolute Gasteiger partial charge is 0.264 e. The zero-order valence-corrected chi connectivity index (χ0v) is 20.9. The molecule has 1 aromatic rings. The van der Waals surface area contributed by atoms with Crippen LogP contribution in [0.1, 0.15) is 115 Å². The van der Waals surface area contributed by atoms with Gasteiger partial charge in [0.25, 0.3) is 10.1 Å². The fourth-order valence-electron chi connectivity index (χ4n) is 3.90. The molecule has 0 spiro atoms. The van der Waals surface area contributed by atoms with E-state index >= 15 is 0 Å². The van der Waals surface area contributed by atoms with Crippen molar-refractivity contribution in [1.29, 1.82) is 0 Å². The van der Waals surface area contributed by atoms with Crippen molar-refractivity contribution in [3.63, 3.8) is 0 Å². The second-order valence-corrected chi connectivity index (χ2v) is 10.4. The second kappa shape index (κ2) is 17.5. The number of benzene rings is 1.